The normalized spacial score (nSPS) is 19.3. The first-order valence-corrected chi connectivity index (χ1v) is 13.0. The van der Waals surface area contributed by atoms with Crippen LogP contribution in [0.1, 0.15) is 61.5 Å². The molecule has 0 spiro atoms. The number of pyridine rings is 2. The molecule has 2 fully saturated rings. The molecule has 2 aromatic heterocycles. The highest BCUT2D eigenvalue weighted by Gasteiger charge is 2.37. The summed E-state index contributed by atoms with van der Waals surface area (Å²) in [5.41, 5.74) is 5.97. The monoisotopic (exact) mass is 537 g/mol. The highest BCUT2D eigenvalue weighted by molar-refractivity contribution is 5.92. The Hall–Kier alpha value is -4.15. The van der Waals surface area contributed by atoms with Crippen molar-refractivity contribution in [2.75, 3.05) is 30.3 Å². The molecule has 1 aliphatic carbocycles. The van der Waals surface area contributed by atoms with E-state index in [1.54, 1.807) is 37.5 Å². The van der Waals surface area contributed by atoms with Gasteiger partial charge in [-0.05, 0) is 57.4 Å². The van der Waals surface area contributed by atoms with Crippen molar-refractivity contribution in [1.82, 2.24) is 14.9 Å². The molecule has 1 saturated carbocycles. The summed E-state index contributed by atoms with van der Waals surface area (Å²) in [7, 11) is 0. The summed E-state index contributed by atoms with van der Waals surface area (Å²) in [5, 5.41) is 12.3. The van der Waals surface area contributed by atoms with Crippen LogP contribution in [0.5, 0.6) is 0 Å². The molecule has 3 heterocycles. The van der Waals surface area contributed by atoms with Crippen LogP contribution in [0.3, 0.4) is 0 Å². The second kappa shape index (κ2) is 9.87. The van der Waals surface area contributed by atoms with Crippen molar-refractivity contribution in [3.63, 3.8) is 0 Å². The number of carbonyl (C=O) groups excluding carboxylic acids is 1. The van der Waals surface area contributed by atoms with E-state index in [4.69, 9.17) is 10.5 Å². The van der Waals surface area contributed by atoms with Gasteiger partial charge in [-0.15, -0.1) is 0 Å². The number of alkyl carbamates (subject to hydrolysis) is 1. The summed E-state index contributed by atoms with van der Waals surface area (Å²) in [6, 6.07) is 8.57. The predicted octanol–water partition coefficient (Wildman–Crippen LogP) is 3.90. The van der Waals surface area contributed by atoms with Crippen molar-refractivity contribution in [1.29, 1.82) is 0 Å². The number of aromatic carboxylic acids is 1. The summed E-state index contributed by atoms with van der Waals surface area (Å²) in [6.07, 6.45) is 2.43. The summed E-state index contributed by atoms with van der Waals surface area (Å²) >= 11 is 0. The minimum absolute atomic E-state index is 0.0175. The van der Waals surface area contributed by atoms with E-state index < -0.39 is 34.5 Å². The molecule has 39 heavy (non-hydrogen) atoms. The second-order valence-electron chi connectivity index (χ2n) is 11.3. The van der Waals surface area contributed by atoms with Crippen LogP contribution < -0.4 is 21.4 Å². The van der Waals surface area contributed by atoms with E-state index in [0.717, 1.165) is 24.5 Å². The molecule has 0 radical (unpaired) electrons. The number of rotatable bonds is 6. The third-order valence-electron chi connectivity index (χ3n) is 7.12. The maximum atomic E-state index is 15.5. The molecule has 0 unspecified atom stereocenters. The molecule has 1 amide bonds. The molecule has 206 valence electrons. The first-order valence-electron chi connectivity index (χ1n) is 13.0. The Labute approximate surface area is 224 Å². The van der Waals surface area contributed by atoms with Gasteiger partial charge in [0.15, 0.2) is 11.6 Å². The predicted molar refractivity (Wildman–Crippen MR) is 145 cm³/mol. The highest BCUT2D eigenvalue weighted by atomic mass is 19.1. The zero-order valence-corrected chi connectivity index (χ0v) is 22.1. The van der Waals surface area contributed by atoms with Crippen LogP contribution in [0.25, 0.3) is 11.0 Å². The molecule has 0 bridgehead atoms. The number of aromatic nitrogens is 2. The smallest absolute Gasteiger partial charge is 0.407 e. The van der Waals surface area contributed by atoms with Gasteiger partial charge in [-0.1, -0.05) is 12.1 Å². The summed E-state index contributed by atoms with van der Waals surface area (Å²) < 4.78 is 22.6. The Morgan fingerprint density at radius 2 is 1.90 bits per heavy atom. The van der Waals surface area contributed by atoms with Gasteiger partial charge in [0.1, 0.15) is 16.8 Å². The molecule has 1 aliphatic heterocycles. The van der Waals surface area contributed by atoms with E-state index in [2.05, 4.69) is 10.3 Å². The van der Waals surface area contributed by atoms with E-state index in [-0.39, 0.29) is 34.7 Å². The third kappa shape index (κ3) is 5.52. The number of benzene rings is 1. The number of halogens is 1. The number of anilines is 2. The van der Waals surface area contributed by atoms with Crippen LogP contribution in [0, 0.1) is 11.7 Å². The SMILES string of the molecule is CC(C)(C)OC(=O)NC[C@@H]1CN(c2nc3c(cc2F)c(=O)c(C(=O)O)cn3C2CC2)C[C@@H]1c1ccc(N)cc1. The fourth-order valence-electron chi connectivity index (χ4n) is 5.14. The lowest BCUT2D eigenvalue weighted by Crippen LogP contribution is -2.37. The van der Waals surface area contributed by atoms with Crippen molar-refractivity contribution in [2.24, 2.45) is 5.92 Å². The molecular weight excluding hydrogens is 505 g/mol. The van der Waals surface area contributed by atoms with E-state index in [9.17, 15) is 19.5 Å². The molecule has 1 saturated heterocycles. The van der Waals surface area contributed by atoms with Gasteiger partial charge in [0.2, 0.25) is 5.43 Å². The summed E-state index contributed by atoms with van der Waals surface area (Å²) in [4.78, 5) is 43.2. The van der Waals surface area contributed by atoms with Gasteiger partial charge in [-0.25, -0.2) is 19.0 Å². The molecular formula is C28H32FN5O5. The van der Waals surface area contributed by atoms with Gasteiger partial charge in [0.25, 0.3) is 0 Å². The molecule has 1 aromatic carbocycles. The van der Waals surface area contributed by atoms with E-state index in [0.29, 0.717) is 25.3 Å². The summed E-state index contributed by atoms with van der Waals surface area (Å²) in [5.74, 6) is -2.15. The van der Waals surface area contributed by atoms with Crippen LogP contribution in [0.15, 0.2) is 41.3 Å². The topological polar surface area (TPSA) is 140 Å². The van der Waals surface area contributed by atoms with Gasteiger partial charge >= 0.3 is 12.1 Å². The van der Waals surface area contributed by atoms with Crippen molar-refractivity contribution < 1.29 is 23.8 Å². The Bertz CT molecular complexity index is 1490. The van der Waals surface area contributed by atoms with Crippen LogP contribution in [-0.2, 0) is 4.74 Å². The fraction of sp³-hybridized carbons (Fsp3) is 0.429. The number of nitrogens with two attached hydrogens (primary N) is 1. The fourth-order valence-corrected chi connectivity index (χ4v) is 5.14. The van der Waals surface area contributed by atoms with Gasteiger partial charge < -0.3 is 30.4 Å². The maximum absolute atomic E-state index is 15.5. The number of nitrogens with zero attached hydrogens (tertiary/aromatic N) is 3. The van der Waals surface area contributed by atoms with Gasteiger partial charge in [-0.3, -0.25) is 4.79 Å². The molecule has 11 heteroatoms. The minimum Gasteiger partial charge on any atom is -0.477 e. The Morgan fingerprint density at radius 3 is 2.51 bits per heavy atom. The number of carboxylic acids is 1. The highest BCUT2D eigenvalue weighted by Crippen LogP contribution is 2.39. The van der Waals surface area contributed by atoms with Crippen molar-refractivity contribution >= 4 is 34.6 Å². The molecule has 5 rings (SSSR count). The number of hydrogen-bond donors (Lipinski definition) is 3. The minimum atomic E-state index is -1.35. The number of hydrogen-bond acceptors (Lipinski definition) is 7. The number of carboxylic acid groups (broad SMARTS) is 1. The zero-order chi connectivity index (χ0) is 28.1. The number of fused-ring (bicyclic) bond motifs is 1. The summed E-state index contributed by atoms with van der Waals surface area (Å²) in [6.45, 7) is 6.47. The largest absolute Gasteiger partial charge is 0.477 e. The number of nitrogen functional groups attached to an aromatic ring is 1. The van der Waals surface area contributed by atoms with Crippen molar-refractivity contribution in [3.05, 3.63) is 63.7 Å². The average molecular weight is 538 g/mol. The molecule has 4 N–H and O–H groups in total. The Balaban J connectivity index is 1.50. The number of ether oxygens (including phenoxy) is 1. The molecule has 10 nitrogen and oxygen atoms in total. The van der Waals surface area contributed by atoms with Crippen LogP contribution in [0.2, 0.25) is 0 Å². The lowest BCUT2D eigenvalue weighted by atomic mass is 9.89. The molecule has 2 atom stereocenters. The standard InChI is InChI=1S/C28H32FN5O5/c1-28(2,3)39-27(38)31-11-16-12-33(13-20(16)15-4-6-17(30)7-5-15)25-22(29)10-19-23(35)21(26(36)37)14-34(18-8-9-18)24(19)32-25/h4-7,10,14,16,18,20H,8-9,11-13,30H2,1-3H3,(H,31,38)(H,36,37)/t16-,20-/m1/s1. The number of nitrogens with one attached hydrogen (secondary N) is 1. The molecule has 3 aromatic rings. The number of carbonyl (C=O) groups is 2. The first-order chi connectivity index (χ1) is 18.4. The Morgan fingerprint density at radius 1 is 1.21 bits per heavy atom. The van der Waals surface area contributed by atoms with E-state index >= 15 is 4.39 Å². The zero-order valence-electron chi connectivity index (χ0n) is 22.1. The van der Waals surface area contributed by atoms with E-state index in [1.165, 1.54) is 6.20 Å². The third-order valence-corrected chi connectivity index (χ3v) is 7.12. The van der Waals surface area contributed by atoms with Gasteiger partial charge in [0.05, 0.1) is 5.39 Å². The van der Waals surface area contributed by atoms with Gasteiger partial charge in [0, 0.05) is 49.4 Å². The quantitative estimate of drug-likeness (QED) is 0.403. The molecule has 2 aliphatic rings. The number of amides is 1. The lowest BCUT2D eigenvalue weighted by molar-refractivity contribution is 0.0519. The van der Waals surface area contributed by atoms with Crippen molar-refractivity contribution in [2.45, 2.75) is 51.2 Å². The Kier molecular flexibility index (Phi) is 6.69. The van der Waals surface area contributed by atoms with E-state index in [1.807, 2.05) is 17.0 Å². The van der Waals surface area contributed by atoms with Crippen LogP contribution in [-0.4, -0.2) is 52.0 Å². The first kappa shape index (κ1) is 26.5. The van der Waals surface area contributed by atoms with Crippen LogP contribution >= 0.6 is 0 Å². The van der Waals surface area contributed by atoms with Crippen molar-refractivity contribution in [3.8, 4) is 0 Å². The van der Waals surface area contributed by atoms with Crippen LogP contribution in [0.4, 0.5) is 20.7 Å². The average Bonchev–Trinajstić information content (AvgIpc) is 3.61. The second-order valence-corrected chi connectivity index (χ2v) is 11.3. The lowest BCUT2D eigenvalue weighted by Gasteiger charge is -2.22. The maximum Gasteiger partial charge on any atom is 0.407 e. The van der Waals surface area contributed by atoms with Gasteiger partial charge in [-0.2, -0.15) is 0 Å².